The Hall–Kier alpha value is -1.62. The predicted molar refractivity (Wildman–Crippen MR) is 43.2 cm³/mol. The van der Waals surface area contributed by atoms with Crippen molar-refractivity contribution >= 4 is 5.97 Å². The van der Waals surface area contributed by atoms with Crippen LogP contribution in [0.1, 0.15) is 10.4 Å². The van der Waals surface area contributed by atoms with E-state index in [4.69, 9.17) is 15.7 Å². The van der Waals surface area contributed by atoms with Crippen molar-refractivity contribution in [2.75, 3.05) is 13.2 Å². The van der Waals surface area contributed by atoms with Crippen LogP contribution in [0.4, 0.5) is 0 Å². The Labute approximate surface area is 75.3 Å². The first-order valence-corrected chi connectivity index (χ1v) is 3.82. The normalized spacial score (nSPS) is 9.62. The van der Waals surface area contributed by atoms with Crippen LogP contribution in [0.3, 0.4) is 0 Å². The zero-order valence-corrected chi connectivity index (χ0v) is 7.01. The van der Waals surface area contributed by atoms with Gasteiger partial charge in [0.15, 0.2) is 0 Å². The van der Waals surface area contributed by atoms with E-state index in [0.717, 1.165) is 4.73 Å². The Kier molecular flexibility index (Phi) is 3.22. The van der Waals surface area contributed by atoms with Gasteiger partial charge in [0.1, 0.15) is 6.61 Å². The Morgan fingerprint density at radius 2 is 2.15 bits per heavy atom. The lowest BCUT2D eigenvalue weighted by Gasteiger charge is -2.00. The van der Waals surface area contributed by atoms with E-state index in [1.165, 1.54) is 24.5 Å². The van der Waals surface area contributed by atoms with Crippen molar-refractivity contribution in [1.29, 1.82) is 0 Å². The first-order valence-electron chi connectivity index (χ1n) is 3.82. The van der Waals surface area contributed by atoms with Gasteiger partial charge < -0.3 is 10.5 Å². The van der Waals surface area contributed by atoms with Gasteiger partial charge in [-0.3, -0.25) is 5.21 Å². The second kappa shape index (κ2) is 4.42. The van der Waals surface area contributed by atoms with Crippen molar-refractivity contribution in [1.82, 2.24) is 0 Å². The maximum Gasteiger partial charge on any atom is 0.338 e. The molecule has 1 aromatic heterocycles. The number of esters is 1. The molecular formula is C8H11N2O3+. The van der Waals surface area contributed by atoms with Crippen LogP contribution < -0.4 is 10.5 Å². The van der Waals surface area contributed by atoms with E-state index in [0.29, 0.717) is 12.1 Å². The molecule has 1 rings (SSSR count). The fourth-order valence-electron chi connectivity index (χ4n) is 0.790. The lowest BCUT2D eigenvalue weighted by atomic mass is 10.3. The Balaban J connectivity index is 2.61. The molecule has 0 atom stereocenters. The quantitative estimate of drug-likeness (QED) is 0.370. The van der Waals surface area contributed by atoms with Crippen LogP contribution in [0.2, 0.25) is 0 Å². The summed E-state index contributed by atoms with van der Waals surface area (Å²) in [6.45, 7) is 0.505. The van der Waals surface area contributed by atoms with Gasteiger partial charge in [0.2, 0.25) is 12.4 Å². The minimum Gasteiger partial charge on any atom is -0.461 e. The maximum atomic E-state index is 11.1. The molecule has 0 spiro atoms. The zero-order chi connectivity index (χ0) is 9.68. The molecule has 0 saturated carbocycles. The van der Waals surface area contributed by atoms with E-state index in [2.05, 4.69) is 0 Å². The molecule has 1 heterocycles. The third-order valence-electron chi connectivity index (χ3n) is 1.40. The molecule has 0 bridgehead atoms. The Morgan fingerprint density at radius 3 is 2.69 bits per heavy atom. The highest BCUT2D eigenvalue weighted by molar-refractivity contribution is 5.88. The highest BCUT2D eigenvalue weighted by Gasteiger charge is 2.08. The summed E-state index contributed by atoms with van der Waals surface area (Å²) in [5, 5.41) is 8.86. The molecule has 5 heteroatoms. The fraction of sp³-hybridized carbons (Fsp3) is 0.250. The number of ether oxygens (including phenoxy) is 1. The number of hydrogen-bond donors (Lipinski definition) is 2. The average molecular weight is 183 g/mol. The van der Waals surface area contributed by atoms with Crippen LogP contribution in [0, 0.1) is 0 Å². The Morgan fingerprint density at radius 1 is 1.54 bits per heavy atom. The van der Waals surface area contributed by atoms with Gasteiger partial charge in [0.05, 0.1) is 5.56 Å². The number of carbonyl (C=O) groups excluding carboxylic acids is 1. The summed E-state index contributed by atoms with van der Waals surface area (Å²) in [5.74, 6) is -0.439. The summed E-state index contributed by atoms with van der Waals surface area (Å²) >= 11 is 0. The summed E-state index contributed by atoms with van der Waals surface area (Å²) in [6.07, 6.45) is 2.69. The molecule has 0 saturated heterocycles. The second-order valence-corrected chi connectivity index (χ2v) is 2.39. The molecule has 0 amide bonds. The molecule has 5 nitrogen and oxygen atoms in total. The highest BCUT2D eigenvalue weighted by Crippen LogP contribution is 1.97. The molecule has 13 heavy (non-hydrogen) atoms. The zero-order valence-electron chi connectivity index (χ0n) is 7.01. The lowest BCUT2D eigenvalue weighted by Crippen LogP contribution is -2.28. The molecule has 0 fully saturated rings. The molecule has 0 aromatic carbocycles. The largest absolute Gasteiger partial charge is 0.461 e. The van der Waals surface area contributed by atoms with Gasteiger partial charge in [-0.1, -0.05) is 0 Å². The van der Waals surface area contributed by atoms with Crippen LogP contribution in [-0.2, 0) is 4.74 Å². The van der Waals surface area contributed by atoms with Crippen LogP contribution in [0.25, 0.3) is 0 Å². The van der Waals surface area contributed by atoms with Gasteiger partial charge in [-0.25, -0.2) is 4.79 Å². The molecular weight excluding hydrogens is 172 g/mol. The topological polar surface area (TPSA) is 76.4 Å². The van der Waals surface area contributed by atoms with Crippen molar-refractivity contribution in [2.24, 2.45) is 5.73 Å². The summed E-state index contributed by atoms with van der Waals surface area (Å²) < 4.78 is 5.61. The molecule has 1 aromatic rings. The van der Waals surface area contributed by atoms with Crippen molar-refractivity contribution in [3.63, 3.8) is 0 Å². The van der Waals surface area contributed by atoms with Crippen molar-refractivity contribution in [3.8, 4) is 0 Å². The van der Waals surface area contributed by atoms with E-state index in [1.807, 2.05) is 0 Å². The van der Waals surface area contributed by atoms with Crippen molar-refractivity contribution in [2.45, 2.75) is 0 Å². The number of nitrogens with zero attached hydrogens (tertiary/aromatic N) is 1. The SMILES string of the molecule is NCCOC(=O)c1cc[n+](O)cc1. The van der Waals surface area contributed by atoms with Crippen molar-refractivity contribution < 1.29 is 19.5 Å². The highest BCUT2D eigenvalue weighted by atomic mass is 16.5. The molecule has 0 aliphatic heterocycles. The van der Waals surface area contributed by atoms with Gasteiger partial charge >= 0.3 is 5.97 Å². The summed E-state index contributed by atoms with van der Waals surface area (Å²) in [5.41, 5.74) is 5.55. The lowest BCUT2D eigenvalue weighted by molar-refractivity contribution is -0.904. The third-order valence-corrected chi connectivity index (χ3v) is 1.40. The number of nitrogens with two attached hydrogens (primary N) is 1. The fourth-order valence-corrected chi connectivity index (χ4v) is 0.790. The second-order valence-electron chi connectivity index (χ2n) is 2.39. The van der Waals surface area contributed by atoms with Gasteiger partial charge in [-0.05, 0) is 0 Å². The van der Waals surface area contributed by atoms with Crippen LogP contribution >= 0.6 is 0 Å². The number of hydrogen-bond acceptors (Lipinski definition) is 4. The number of rotatable bonds is 3. The van der Waals surface area contributed by atoms with E-state index < -0.39 is 5.97 Å². The smallest absolute Gasteiger partial charge is 0.338 e. The number of carbonyl (C=O) groups is 1. The van der Waals surface area contributed by atoms with E-state index in [1.54, 1.807) is 0 Å². The number of aromatic nitrogens is 1. The minimum absolute atomic E-state index is 0.201. The van der Waals surface area contributed by atoms with E-state index >= 15 is 0 Å². The number of pyridine rings is 1. The predicted octanol–water partition coefficient (Wildman–Crippen LogP) is -0.673. The first kappa shape index (κ1) is 9.47. The van der Waals surface area contributed by atoms with Crippen LogP contribution in [0.15, 0.2) is 24.5 Å². The summed E-state index contributed by atoms with van der Waals surface area (Å²) in [6, 6.07) is 2.91. The first-order chi connectivity index (χ1) is 6.24. The average Bonchev–Trinajstić information content (AvgIpc) is 2.15. The molecule has 0 aliphatic carbocycles. The van der Waals surface area contributed by atoms with Gasteiger partial charge in [0, 0.05) is 23.4 Å². The van der Waals surface area contributed by atoms with E-state index in [-0.39, 0.29) is 6.61 Å². The van der Waals surface area contributed by atoms with Gasteiger partial charge in [-0.15, -0.1) is 0 Å². The minimum atomic E-state index is -0.439. The third kappa shape index (κ3) is 2.72. The summed E-state index contributed by atoms with van der Waals surface area (Å²) in [7, 11) is 0. The van der Waals surface area contributed by atoms with Gasteiger partial charge in [-0.2, -0.15) is 0 Å². The van der Waals surface area contributed by atoms with Crippen molar-refractivity contribution in [3.05, 3.63) is 30.1 Å². The molecule has 3 N–H and O–H groups in total. The molecule has 0 unspecified atom stereocenters. The maximum absolute atomic E-state index is 11.1. The van der Waals surface area contributed by atoms with Crippen LogP contribution in [0.5, 0.6) is 0 Å². The van der Waals surface area contributed by atoms with Gasteiger partial charge in [0.25, 0.3) is 0 Å². The molecule has 70 valence electrons. The Bertz CT molecular complexity index is 284. The standard InChI is InChI=1S/C8H11N2O3/c9-3-6-13-8(11)7-1-4-10(12)5-2-7/h1-2,4-5,12H,3,6,9H2/q+1. The van der Waals surface area contributed by atoms with Crippen LogP contribution in [-0.4, -0.2) is 24.3 Å². The molecule has 0 aliphatic rings. The monoisotopic (exact) mass is 183 g/mol. The van der Waals surface area contributed by atoms with E-state index in [9.17, 15) is 4.79 Å². The summed E-state index contributed by atoms with van der Waals surface area (Å²) in [4.78, 5) is 11.1. The molecule has 0 radical (unpaired) electrons.